The van der Waals surface area contributed by atoms with Crippen LogP contribution in [0.4, 0.5) is 0 Å². The van der Waals surface area contributed by atoms with E-state index in [1.54, 1.807) is 0 Å². The Bertz CT molecular complexity index is 444. The molecule has 1 heterocycles. The average Bonchev–Trinajstić information content (AvgIpc) is 2.61. The van der Waals surface area contributed by atoms with Crippen LogP contribution in [0.2, 0.25) is 0 Å². The van der Waals surface area contributed by atoms with Gasteiger partial charge in [0.25, 0.3) is 0 Å². The Labute approximate surface area is 122 Å². The summed E-state index contributed by atoms with van der Waals surface area (Å²) in [4.78, 5) is 0. The van der Waals surface area contributed by atoms with Gasteiger partial charge in [-0.3, -0.25) is 0 Å². The molecule has 2 fully saturated rings. The molecule has 0 amide bonds. The first-order chi connectivity index (χ1) is 9.20. The molecule has 20 heavy (non-hydrogen) atoms. The van der Waals surface area contributed by atoms with Crippen LogP contribution < -0.4 is 0 Å². The summed E-state index contributed by atoms with van der Waals surface area (Å²) in [6.45, 7) is 8.62. The summed E-state index contributed by atoms with van der Waals surface area (Å²) in [5, 5.41) is 20.8. The van der Waals surface area contributed by atoms with Gasteiger partial charge in [-0.2, -0.15) is 0 Å². The lowest BCUT2D eigenvalue weighted by Crippen LogP contribution is -2.62. The van der Waals surface area contributed by atoms with E-state index in [9.17, 15) is 10.2 Å². The van der Waals surface area contributed by atoms with Gasteiger partial charge in [0.15, 0.2) is 0 Å². The molecule has 3 aliphatic rings. The van der Waals surface area contributed by atoms with E-state index in [0.29, 0.717) is 12.3 Å². The van der Waals surface area contributed by atoms with E-state index < -0.39 is 5.60 Å². The number of aliphatic hydroxyl groups excluding tert-OH is 1. The Morgan fingerprint density at radius 1 is 1.25 bits per heavy atom. The van der Waals surface area contributed by atoms with Crippen LogP contribution in [0.3, 0.4) is 0 Å². The van der Waals surface area contributed by atoms with Crippen LogP contribution in [0.15, 0.2) is 12.2 Å². The van der Waals surface area contributed by atoms with E-state index in [1.165, 1.54) is 0 Å². The third-order valence-electron chi connectivity index (χ3n) is 6.39. The summed E-state index contributed by atoms with van der Waals surface area (Å²) in [6.07, 6.45) is 7.62. The number of aliphatic hydroxyl groups is 2. The van der Waals surface area contributed by atoms with E-state index >= 15 is 0 Å². The molecular formula is C17H28O3. The van der Waals surface area contributed by atoms with E-state index in [0.717, 1.165) is 19.3 Å². The summed E-state index contributed by atoms with van der Waals surface area (Å²) in [5.41, 5.74) is -1.36. The van der Waals surface area contributed by atoms with E-state index in [2.05, 4.69) is 32.9 Å². The SMILES string of the molecule is CC[C@]1(O)CC(CO)[C@@]23CC(C=C[C@]2(C)C1)C(C)(C)O3. The number of rotatable bonds is 2. The molecule has 114 valence electrons. The molecule has 3 nitrogen and oxygen atoms in total. The van der Waals surface area contributed by atoms with Gasteiger partial charge in [-0.1, -0.05) is 26.0 Å². The molecule has 2 N–H and O–H groups in total. The van der Waals surface area contributed by atoms with Gasteiger partial charge in [-0.05, 0) is 39.5 Å². The molecule has 1 spiro atoms. The third-order valence-corrected chi connectivity index (χ3v) is 6.39. The van der Waals surface area contributed by atoms with Crippen LogP contribution in [0, 0.1) is 17.3 Å². The number of hydrogen-bond donors (Lipinski definition) is 2. The van der Waals surface area contributed by atoms with Crippen LogP contribution in [0.1, 0.15) is 53.4 Å². The van der Waals surface area contributed by atoms with E-state index in [-0.39, 0.29) is 29.1 Å². The average molecular weight is 280 g/mol. The van der Waals surface area contributed by atoms with Crippen molar-refractivity contribution in [3.8, 4) is 0 Å². The Morgan fingerprint density at radius 3 is 2.55 bits per heavy atom. The Morgan fingerprint density at radius 2 is 1.95 bits per heavy atom. The van der Waals surface area contributed by atoms with Crippen molar-refractivity contribution in [1.82, 2.24) is 0 Å². The highest BCUT2D eigenvalue weighted by Crippen LogP contribution is 2.64. The lowest BCUT2D eigenvalue weighted by molar-refractivity contribution is -0.226. The quantitative estimate of drug-likeness (QED) is 0.765. The minimum absolute atomic E-state index is 0.0143. The summed E-state index contributed by atoms with van der Waals surface area (Å²) < 4.78 is 6.58. The fraction of sp³-hybridized carbons (Fsp3) is 0.882. The van der Waals surface area contributed by atoms with Crippen LogP contribution >= 0.6 is 0 Å². The second-order valence-corrected chi connectivity index (χ2v) is 8.02. The Hall–Kier alpha value is -0.380. The van der Waals surface area contributed by atoms with Gasteiger partial charge in [0, 0.05) is 23.9 Å². The second-order valence-electron chi connectivity index (χ2n) is 8.02. The molecule has 0 aromatic rings. The molecule has 5 atom stereocenters. The molecule has 2 aliphatic carbocycles. The molecule has 0 radical (unpaired) electrons. The van der Waals surface area contributed by atoms with Gasteiger partial charge in [0.05, 0.1) is 16.8 Å². The molecule has 2 unspecified atom stereocenters. The smallest absolute Gasteiger partial charge is 0.0836 e. The van der Waals surface area contributed by atoms with Crippen LogP contribution in [0.5, 0.6) is 0 Å². The summed E-state index contributed by atoms with van der Waals surface area (Å²) in [5.74, 6) is 0.429. The molecule has 0 aromatic heterocycles. The molecule has 1 saturated carbocycles. The molecule has 1 aliphatic heterocycles. The second kappa shape index (κ2) is 4.08. The molecule has 0 aromatic carbocycles. The summed E-state index contributed by atoms with van der Waals surface area (Å²) in [7, 11) is 0. The standard InChI is InChI=1S/C17H28O3/c1-5-16(19)8-13(10-18)17-9-12(14(2,3)20-17)6-7-15(17,4)11-16/h6-7,12-13,18-19H,5,8-11H2,1-4H3/t12?,13?,15-,16+,17+/m1/s1. The zero-order chi connectivity index (χ0) is 14.8. The zero-order valence-electron chi connectivity index (χ0n) is 13.1. The molecule has 1 saturated heterocycles. The summed E-state index contributed by atoms with van der Waals surface area (Å²) >= 11 is 0. The van der Waals surface area contributed by atoms with Crippen LogP contribution in [0.25, 0.3) is 0 Å². The highest BCUT2D eigenvalue weighted by atomic mass is 16.5. The van der Waals surface area contributed by atoms with Gasteiger partial charge < -0.3 is 14.9 Å². The lowest BCUT2D eigenvalue weighted by Gasteiger charge is -2.58. The Kier molecular flexibility index (Phi) is 2.97. The van der Waals surface area contributed by atoms with Crippen LogP contribution in [-0.2, 0) is 4.74 Å². The normalized spacial score (nSPS) is 52.9. The number of hydrogen-bond acceptors (Lipinski definition) is 3. The fourth-order valence-electron chi connectivity index (χ4n) is 5.06. The van der Waals surface area contributed by atoms with E-state index in [1.807, 2.05) is 6.92 Å². The predicted molar refractivity (Wildman–Crippen MR) is 78.3 cm³/mol. The highest BCUT2D eigenvalue weighted by Gasteiger charge is 2.67. The zero-order valence-corrected chi connectivity index (χ0v) is 13.1. The van der Waals surface area contributed by atoms with Gasteiger partial charge in [-0.25, -0.2) is 0 Å². The van der Waals surface area contributed by atoms with Gasteiger partial charge in [0.2, 0.25) is 0 Å². The highest BCUT2D eigenvalue weighted by molar-refractivity contribution is 5.27. The van der Waals surface area contributed by atoms with Crippen molar-refractivity contribution in [3.05, 3.63) is 12.2 Å². The maximum atomic E-state index is 10.8. The topological polar surface area (TPSA) is 49.7 Å². The first-order valence-corrected chi connectivity index (χ1v) is 7.93. The van der Waals surface area contributed by atoms with Crippen molar-refractivity contribution >= 4 is 0 Å². The van der Waals surface area contributed by atoms with Crippen LogP contribution in [-0.4, -0.2) is 33.6 Å². The van der Waals surface area contributed by atoms with Crippen molar-refractivity contribution in [2.24, 2.45) is 17.3 Å². The van der Waals surface area contributed by atoms with Gasteiger partial charge in [0.1, 0.15) is 0 Å². The van der Waals surface area contributed by atoms with Crippen molar-refractivity contribution in [2.75, 3.05) is 6.61 Å². The van der Waals surface area contributed by atoms with Crippen molar-refractivity contribution in [3.63, 3.8) is 0 Å². The fourth-order valence-corrected chi connectivity index (χ4v) is 5.06. The minimum atomic E-state index is -0.680. The molecule has 2 bridgehead atoms. The first kappa shape index (κ1) is 14.6. The maximum Gasteiger partial charge on any atom is 0.0836 e. The van der Waals surface area contributed by atoms with Gasteiger partial charge in [-0.15, -0.1) is 0 Å². The predicted octanol–water partition coefficient (Wildman–Crippen LogP) is 2.66. The Balaban J connectivity index is 2.08. The molecule has 3 heteroatoms. The summed E-state index contributed by atoms with van der Waals surface area (Å²) in [6, 6.07) is 0. The maximum absolute atomic E-state index is 10.8. The lowest BCUT2D eigenvalue weighted by atomic mass is 9.51. The number of fused-ring (bicyclic) bond motifs is 1. The largest absolute Gasteiger partial charge is 0.396 e. The van der Waals surface area contributed by atoms with Crippen molar-refractivity contribution in [2.45, 2.75) is 70.2 Å². The minimum Gasteiger partial charge on any atom is -0.396 e. The monoisotopic (exact) mass is 280 g/mol. The molecular weight excluding hydrogens is 252 g/mol. The molecule has 3 rings (SSSR count). The van der Waals surface area contributed by atoms with Gasteiger partial charge >= 0.3 is 0 Å². The number of ether oxygens (including phenoxy) is 1. The van der Waals surface area contributed by atoms with E-state index in [4.69, 9.17) is 4.74 Å². The first-order valence-electron chi connectivity index (χ1n) is 7.93. The third kappa shape index (κ3) is 1.69. The van der Waals surface area contributed by atoms with Crippen molar-refractivity contribution in [1.29, 1.82) is 0 Å². The van der Waals surface area contributed by atoms with Crippen molar-refractivity contribution < 1.29 is 14.9 Å².